The second kappa shape index (κ2) is 4.56. The molecule has 4 heteroatoms. The normalized spacial score (nSPS) is 38.3. The van der Waals surface area contributed by atoms with Crippen LogP contribution in [0.3, 0.4) is 0 Å². The Bertz CT molecular complexity index is 358. The van der Waals surface area contributed by atoms with Gasteiger partial charge in [-0.3, -0.25) is 9.59 Å². The predicted molar refractivity (Wildman–Crippen MR) is 65.9 cm³/mol. The molecule has 0 spiro atoms. The largest absolute Gasteiger partial charge is 0.481 e. The van der Waals surface area contributed by atoms with Gasteiger partial charge in [0.15, 0.2) is 0 Å². The summed E-state index contributed by atoms with van der Waals surface area (Å²) in [6, 6.07) is -0.0509. The number of likely N-dealkylation sites (tertiary alicyclic amines) is 1. The summed E-state index contributed by atoms with van der Waals surface area (Å²) in [5.74, 6) is 0.981. The number of carboxylic acids is 1. The molecular formula is C14H21NO3. The molecule has 3 fully saturated rings. The van der Waals surface area contributed by atoms with Crippen molar-refractivity contribution in [2.45, 2.75) is 51.0 Å². The highest BCUT2D eigenvalue weighted by atomic mass is 16.4. The summed E-state index contributed by atoms with van der Waals surface area (Å²) < 4.78 is 0. The first-order valence-corrected chi connectivity index (χ1v) is 7.21. The van der Waals surface area contributed by atoms with E-state index in [1.165, 1.54) is 19.3 Å². The maximum absolute atomic E-state index is 12.5. The SMILES string of the molecule is O=C(O)CC1CCCCN1C(=O)C1C2CCCC21. The summed E-state index contributed by atoms with van der Waals surface area (Å²) in [6.45, 7) is 0.771. The minimum absolute atomic E-state index is 0.0509. The Morgan fingerprint density at radius 2 is 1.78 bits per heavy atom. The van der Waals surface area contributed by atoms with Crippen LogP contribution in [-0.4, -0.2) is 34.5 Å². The zero-order valence-electron chi connectivity index (χ0n) is 10.7. The quantitative estimate of drug-likeness (QED) is 0.833. The lowest BCUT2D eigenvalue weighted by Crippen LogP contribution is -2.46. The van der Waals surface area contributed by atoms with E-state index in [0.717, 1.165) is 25.8 Å². The molecule has 2 aliphatic carbocycles. The lowest BCUT2D eigenvalue weighted by Gasteiger charge is -2.35. The smallest absolute Gasteiger partial charge is 0.305 e. The average molecular weight is 251 g/mol. The van der Waals surface area contributed by atoms with Crippen LogP contribution in [-0.2, 0) is 9.59 Å². The first-order chi connectivity index (χ1) is 8.68. The van der Waals surface area contributed by atoms with E-state index in [4.69, 9.17) is 5.11 Å². The van der Waals surface area contributed by atoms with Crippen molar-refractivity contribution in [3.8, 4) is 0 Å². The number of hydrogen-bond donors (Lipinski definition) is 1. The molecule has 1 aliphatic heterocycles. The van der Waals surface area contributed by atoms with Crippen LogP contribution >= 0.6 is 0 Å². The number of amides is 1. The van der Waals surface area contributed by atoms with Gasteiger partial charge >= 0.3 is 5.97 Å². The Morgan fingerprint density at radius 3 is 2.44 bits per heavy atom. The number of hydrogen-bond acceptors (Lipinski definition) is 2. The molecule has 3 aliphatic rings. The molecule has 1 amide bonds. The van der Waals surface area contributed by atoms with Gasteiger partial charge in [-0.05, 0) is 43.9 Å². The monoisotopic (exact) mass is 251 g/mol. The second-order valence-electron chi connectivity index (χ2n) is 6.06. The predicted octanol–water partition coefficient (Wildman–Crippen LogP) is 1.89. The maximum atomic E-state index is 12.5. The number of piperidine rings is 1. The summed E-state index contributed by atoms with van der Waals surface area (Å²) in [5.41, 5.74) is 0. The molecule has 4 nitrogen and oxygen atoms in total. The fourth-order valence-electron chi connectivity index (χ4n) is 4.08. The summed E-state index contributed by atoms with van der Waals surface area (Å²) in [4.78, 5) is 25.3. The fraction of sp³-hybridized carbons (Fsp3) is 0.857. The molecule has 3 rings (SSSR count). The molecule has 1 saturated heterocycles. The number of nitrogens with zero attached hydrogens (tertiary/aromatic N) is 1. The van der Waals surface area contributed by atoms with Crippen LogP contribution < -0.4 is 0 Å². The zero-order chi connectivity index (χ0) is 12.7. The third-order valence-corrected chi connectivity index (χ3v) is 5.01. The van der Waals surface area contributed by atoms with Gasteiger partial charge in [0.25, 0.3) is 0 Å². The third-order valence-electron chi connectivity index (χ3n) is 5.01. The molecule has 0 aromatic heterocycles. The van der Waals surface area contributed by atoms with Gasteiger partial charge in [-0.25, -0.2) is 0 Å². The molecule has 18 heavy (non-hydrogen) atoms. The Morgan fingerprint density at radius 1 is 1.06 bits per heavy atom. The van der Waals surface area contributed by atoms with E-state index in [2.05, 4.69) is 0 Å². The van der Waals surface area contributed by atoms with Crippen LogP contribution in [0.1, 0.15) is 44.9 Å². The van der Waals surface area contributed by atoms with Gasteiger partial charge in [-0.2, -0.15) is 0 Å². The molecular weight excluding hydrogens is 230 g/mol. The maximum Gasteiger partial charge on any atom is 0.305 e. The number of fused-ring (bicyclic) bond motifs is 1. The molecule has 0 bridgehead atoms. The van der Waals surface area contributed by atoms with Crippen LogP contribution in [0.4, 0.5) is 0 Å². The Hall–Kier alpha value is -1.06. The first-order valence-electron chi connectivity index (χ1n) is 7.21. The summed E-state index contributed by atoms with van der Waals surface area (Å²) in [5, 5.41) is 8.94. The van der Waals surface area contributed by atoms with E-state index < -0.39 is 5.97 Å². The van der Waals surface area contributed by atoms with Gasteiger partial charge < -0.3 is 10.0 Å². The molecule has 0 radical (unpaired) electrons. The Kier molecular flexibility index (Phi) is 3.04. The highest BCUT2D eigenvalue weighted by molar-refractivity contribution is 5.83. The number of carbonyl (C=O) groups is 2. The summed E-state index contributed by atoms with van der Waals surface area (Å²) >= 11 is 0. The minimum Gasteiger partial charge on any atom is -0.481 e. The van der Waals surface area contributed by atoms with Gasteiger partial charge in [0.1, 0.15) is 0 Å². The number of aliphatic carboxylic acids is 1. The van der Waals surface area contributed by atoms with E-state index in [9.17, 15) is 9.59 Å². The van der Waals surface area contributed by atoms with Crippen molar-refractivity contribution in [1.29, 1.82) is 0 Å². The van der Waals surface area contributed by atoms with Crippen LogP contribution in [0.25, 0.3) is 0 Å². The fourth-order valence-corrected chi connectivity index (χ4v) is 4.08. The Labute approximate surface area is 107 Å². The average Bonchev–Trinajstić information content (AvgIpc) is 2.81. The zero-order valence-corrected chi connectivity index (χ0v) is 10.7. The Balaban J connectivity index is 1.65. The molecule has 3 unspecified atom stereocenters. The summed E-state index contributed by atoms with van der Waals surface area (Å²) in [6.07, 6.45) is 6.76. The molecule has 1 N–H and O–H groups in total. The number of rotatable bonds is 3. The highest BCUT2D eigenvalue weighted by Crippen LogP contribution is 2.58. The van der Waals surface area contributed by atoms with Crippen molar-refractivity contribution < 1.29 is 14.7 Å². The lowest BCUT2D eigenvalue weighted by molar-refractivity contribution is -0.142. The second-order valence-corrected chi connectivity index (χ2v) is 6.06. The van der Waals surface area contributed by atoms with E-state index in [-0.39, 0.29) is 24.3 Å². The molecule has 1 heterocycles. The number of carbonyl (C=O) groups excluding carboxylic acids is 1. The van der Waals surface area contributed by atoms with E-state index >= 15 is 0 Å². The van der Waals surface area contributed by atoms with E-state index in [0.29, 0.717) is 11.8 Å². The van der Waals surface area contributed by atoms with E-state index in [1.54, 1.807) is 0 Å². The summed E-state index contributed by atoms with van der Waals surface area (Å²) in [7, 11) is 0. The van der Waals surface area contributed by atoms with E-state index in [1.807, 2.05) is 4.90 Å². The van der Waals surface area contributed by atoms with Crippen LogP contribution in [0, 0.1) is 17.8 Å². The first kappa shape index (κ1) is 12.0. The molecule has 0 aromatic carbocycles. The van der Waals surface area contributed by atoms with Gasteiger partial charge in [-0.15, -0.1) is 0 Å². The highest BCUT2D eigenvalue weighted by Gasteiger charge is 2.58. The van der Waals surface area contributed by atoms with Gasteiger partial charge in [0, 0.05) is 18.5 Å². The van der Waals surface area contributed by atoms with Crippen molar-refractivity contribution in [2.75, 3.05) is 6.54 Å². The van der Waals surface area contributed by atoms with Crippen molar-refractivity contribution in [3.05, 3.63) is 0 Å². The van der Waals surface area contributed by atoms with Gasteiger partial charge in [-0.1, -0.05) is 6.42 Å². The molecule has 100 valence electrons. The van der Waals surface area contributed by atoms with Gasteiger partial charge in [0.2, 0.25) is 5.91 Å². The molecule has 3 atom stereocenters. The van der Waals surface area contributed by atoms with Crippen molar-refractivity contribution in [2.24, 2.45) is 17.8 Å². The molecule has 2 saturated carbocycles. The van der Waals surface area contributed by atoms with Crippen LogP contribution in [0.15, 0.2) is 0 Å². The van der Waals surface area contributed by atoms with Crippen molar-refractivity contribution in [3.63, 3.8) is 0 Å². The third kappa shape index (κ3) is 2.02. The standard InChI is InChI=1S/C14H21NO3/c16-12(17)8-9-4-1-2-7-15(9)14(18)13-10-5-3-6-11(10)13/h9-11,13H,1-8H2,(H,16,17). The number of carboxylic acid groups (broad SMARTS) is 1. The minimum atomic E-state index is -0.782. The van der Waals surface area contributed by atoms with Crippen LogP contribution in [0.5, 0.6) is 0 Å². The lowest BCUT2D eigenvalue weighted by atomic mass is 9.98. The van der Waals surface area contributed by atoms with Crippen molar-refractivity contribution in [1.82, 2.24) is 4.90 Å². The molecule has 0 aromatic rings. The van der Waals surface area contributed by atoms with Crippen molar-refractivity contribution >= 4 is 11.9 Å². The topological polar surface area (TPSA) is 57.6 Å². The van der Waals surface area contributed by atoms with Gasteiger partial charge in [0.05, 0.1) is 6.42 Å². The van der Waals surface area contributed by atoms with Crippen LogP contribution in [0.2, 0.25) is 0 Å².